The summed E-state index contributed by atoms with van der Waals surface area (Å²) in [5.41, 5.74) is 6.72. The first-order valence-electron chi connectivity index (χ1n) is 10.2. The van der Waals surface area contributed by atoms with Crippen LogP contribution in [0, 0.1) is 13.8 Å². The van der Waals surface area contributed by atoms with Gasteiger partial charge in [0.25, 0.3) is 0 Å². The molecule has 3 aromatic rings. The third-order valence-electron chi connectivity index (χ3n) is 5.61. The number of urea groups is 1. The van der Waals surface area contributed by atoms with Gasteiger partial charge in [0, 0.05) is 10.4 Å². The Hall–Kier alpha value is -3.18. The molecule has 1 fully saturated rings. The highest BCUT2D eigenvalue weighted by Gasteiger charge is 2.40. The van der Waals surface area contributed by atoms with Crippen molar-refractivity contribution in [3.63, 3.8) is 0 Å². The lowest BCUT2D eigenvalue weighted by atomic mass is 9.88. The predicted molar refractivity (Wildman–Crippen MR) is 121 cm³/mol. The van der Waals surface area contributed by atoms with Crippen molar-refractivity contribution >= 4 is 34.0 Å². The maximum atomic E-state index is 13.2. The Morgan fingerprint density at radius 2 is 1.97 bits per heavy atom. The number of rotatable bonds is 4. The van der Waals surface area contributed by atoms with Crippen molar-refractivity contribution in [3.05, 3.63) is 52.5 Å². The Balaban J connectivity index is 1.72. The summed E-state index contributed by atoms with van der Waals surface area (Å²) < 4.78 is 39.5. The van der Waals surface area contributed by atoms with Crippen LogP contribution in [0.2, 0.25) is 0 Å². The van der Waals surface area contributed by atoms with Gasteiger partial charge in [0.15, 0.2) is 10.9 Å². The largest absolute Gasteiger partial charge is 0.416 e. The van der Waals surface area contributed by atoms with Crippen molar-refractivity contribution in [1.29, 1.82) is 0 Å². The Labute approximate surface area is 192 Å². The third kappa shape index (κ3) is 4.64. The molecule has 1 unspecified atom stereocenters. The molecule has 1 saturated carbocycles. The number of hydrogen-bond donors (Lipinski definition) is 3. The van der Waals surface area contributed by atoms with E-state index in [0.29, 0.717) is 18.0 Å². The average molecular weight is 478 g/mol. The number of aliphatic hydroxyl groups is 1. The van der Waals surface area contributed by atoms with Gasteiger partial charge in [-0.25, -0.2) is 14.8 Å². The van der Waals surface area contributed by atoms with Crippen LogP contribution in [0.5, 0.6) is 0 Å². The van der Waals surface area contributed by atoms with E-state index >= 15 is 0 Å². The summed E-state index contributed by atoms with van der Waals surface area (Å²) in [5, 5.41) is 13.4. The van der Waals surface area contributed by atoms with Gasteiger partial charge in [-0.1, -0.05) is 12.1 Å². The molecular weight excluding hydrogens is 455 g/mol. The number of thiazole rings is 1. The molecule has 0 spiro atoms. The number of halogens is 3. The highest BCUT2D eigenvalue weighted by molar-refractivity contribution is 7.15. The highest BCUT2D eigenvalue weighted by Crippen LogP contribution is 2.36. The number of anilines is 3. The van der Waals surface area contributed by atoms with Crippen molar-refractivity contribution in [2.45, 2.75) is 45.0 Å². The van der Waals surface area contributed by atoms with Gasteiger partial charge >= 0.3 is 12.2 Å². The summed E-state index contributed by atoms with van der Waals surface area (Å²) in [4.78, 5) is 24.2. The molecule has 1 aromatic carbocycles. The molecule has 1 aliphatic rings. The first kappa shape index (κ1) is 23.0. The van der Waals surface area contributed by atoms with Gasteiger partial charge in [-0.3, -0.25) is 10.2 Å². The number of alkyl halides is 3. The molecule has 1 aliphatic carbocycles. The summed E-state index contributed by atoms with van der Waals surface area (Å²) >= 11 is 1.31. The second-order valence-electron chi connectivity index (χ2n) is 7.86. The summed E-state index contributed by atoms with van der Waals surface area (Å²) in [6.45, 7) is 3.71. The molecular formula is C22H22F3N5O2S. The topological polar surface area (TPSA) is 104 Å². The van der Waals surface area contributed by atoms with Gasteiger partial charge in [0.05, 0.1) is 34.8 Å². The summed E-state index contributed by atoms with van der Waals surface area (Å²) in [7, 11) is 0. The number of carbonyl (C=O) groups excluding carboxylic acids is 1. The fourth-order valence-electron chi connectivity index (χ4n) is 3.52. The van der Waals surface area contributed by atoms with Crippen LogP contribution >= 0.6 is 11.3 Å². The third-order valence-corrected chi connectivity index (χ3v) is 6.60. The van der Waals surface area contributed by atoms with Gasteiger partial charge in [-0.15, -0.1) is 11.3 Å². The first-order valence-corrected chi connectivity index (χ1v) is 11.0. The Bertz CT molecular complexity index is 1180. The first-order chi connectivity index (χ1) is 15.5. The number of nitrogens with one attached hydrogen (secondary N) is 1. The van der Waals surface area contributed by atoms with Crippen LogP contribution in [-0.4, -0.2) is 33.3 Å². The second kappa shape index (κ2) is 8.64. The van der Waals surface area contributed by atoms with E-state index in [-0.39, 0.29) is 22.8 Å². The van der Waals surface area contributed by atoms with E-state index in [1.165, 1.54) is 40.5 Å². The zero-order valence-electron chi connectivity index (χ0n) is 17.8. The number of carbonyl (C=O) groups is 1. The van der Waals surface area contributed by atoms with E-state index in [4.69, 9.17) is 5.73 Å². The molecule has 2 heterocycles. The quantitative estimate of drug-likeness (QED) is 0.491. The monoisotopic (exact) mass is 477 g/mol. The lowest BCUT2D eigenvalue weighted by Crippen LogP contribution is -2.55. The summed E-state index contributed by atoms with van der Waals surface area (Å²) in [5.74, 6) is 0.0659. The molecule has 0 saturated heterocycles. The van der Waals surface area contributed by atoms with Crippen LogP contribution in [0.15, 0.2) is 36.4 Å². The zero-order valence-corrected chi connectivity index (χ0v) is 18.7. The fourth-order valence-corrected chi connectivity index (χ4v) is 4.32. The number of nitrogens with zero attached hydrogens (tertiary/aromatic N) is 3. The number of benzene rings is 1. The minimum Gasteiger partial charge on any atom is -0.396 e. The Morgan fingerprint density at radius 1 is 1.21 bits per heavy atom. The maximum Gasteiger partial charge on any atom is 0.416 e. The van der Waals surface area contributed by atoms with Crippen LogP contribution in [0.1, 0.15) is 29.0 Å². The number of aromatic nitrogens is 2. The molecule has 0 bridgehead atoms. The van der Waals surface area contributed by atoms with E-state index in [1.807, 2.05) is 13.8 Å². The average Bonchev–Trinajstić information content (AvgIpc) is 3.07. The van der Waals surface area contributed by atoms with E-state index in [9.17, 15) is 23.1 Å². The number of nitrogen functional groups attached to an aromatic ring is 1. The van der Waals surface area contributed by atoms with Gasteiger partial charge in [0.1, 0.15) is 0 Å². The lowest BCUT2D eigenvalue weighted by molar-refractivity contribution is -0.137. The molecule has 7 nitrogen and oxygen atoms in total. The van der Waals surface area contributed by atoms with E-state index in [1.54, 1.807) is 0 Å². The number of hydrogen-bond acceptors (Lipinski definition) is 6. The molecule has 33 heavy (non-hydrogen) atoms. The standard InChI is InChI=1S/C22H22F3N5O2S/c1-11-12(2)33-20(27-11)29-21(32)30(17-8-9-18(17)31)19-15(26)6-7-16(28-19)13-4-3-5-14(10-13)22(23,24)25/h3-7,10,17-18,31H,8-9,26H2,1-2H3,(H,27,29,32)/t17?,18-/m1/s1. The predicted octanol–water partition coefficient (Wildman–Crippen LogP) is 4.98. The minimum atomic E-state index is -4.50. The van der Waals surface area contributed by atoms with Gasteiger partial charge < -0.3 is 10.8 Å². The van der Waals surface area contributed by atoms with Crippen molar-refractivity contribution in [2.24, 2.45) is 0 Å². The number of nitrogens with two attached hydrogens (primary N) is 1. The number of aliphatic hydroxyl groups excluding tert-OH is 1. The van der Waals surface area contributed by atoms with Gasteiger partial charge in [-0.2, -0.15) is 13.2 Å². The Kier molecular flexibility index (Phi) is 6.02. The molecule has 0 aliphatic heterocycles. The summed E-state index contributed by atoms with van der Waals surface area (Å²) in [6, 6.07) is 6.60. The maximum absolute atomic E-state index is 13.2. The molecule has 4 rings (SSSR count). The molecule has 0 radical (unpaired) electrons. The molecule has 174 valence electrons. The number of pyridine rings is 1. The molecule has 2 amide bonds. The SMILES string of the molecule is Cc1nc(NC(=O)N(c2nc(-c3cccc(C(F)(F)F)c3)ccc2N)C2CC[C@H]2O)sc1C. The second-order valence-corrected chi connectivity index (χ2v) is 9.06. The zero-order chi connectivity index (χ0) is 23.9. The highest BCUT2D eigenvalue weighted by atomic mass is 32.1. The van der Waals surface area contributed by atoms with E-state index < -0.39 is 29.9 Å². The van der Waals surface area contributed by atoms with Crippen LogP contribution < -0.4 is 16.0 Å². The van der Waals surface area contributed by atoms with Crippen molar-refractivity contribution < 1.29 is 23.1 Å². The fraction of sp³-hybridized carbons (Fsp3) is 0.318. The molecule has 4 N–H and O–H groups in total. The normalized spacial score (nSPS) is 18.0. The van der Waals surface area contributed by atoms with Crippen molar-refractivity contribution in [2.75, 3.05) is 16.0 Å². The van der Waals surface area contributed by atoms with Crippen LogP contribution in [0.25, 0.3) is 11.3 Å². The number of aryl methyl sites for hydroxylation is 2. The minimum absolute atomic E-state index is 0.0659. The summed E-state index contributed by atoms with van der Waals surface area (Å²) in [6.07, 6.45) is -4.23. The van der Waals surface area contributed by atoms with E-state index in [0.717, 1.165) is 22.7 Å². The Morgan fingerprint density at radius 3 is 2.55 bits per heavy atom. The molecule has 11 heteroatoms. The van der Waals surface area contributed by atoms with Gasteiger partial charge in [-0.05, 0) is 51.0 Å². The lowest BCUT2D eigenvalue weighted by Gasteiger charge is -2.41. The van der Waals surface area contributed by atoms with Crippen LogP contribution in [0.4, 0.5) is 34.6 Å². The van der Waals surface area contributed by atoms with Crippen molar-refractivity contribution in [3.8, 4) is 11.3 Å². The van der Waals surface area contributed by atoms with Crippen molar-refractivity contribution in [1.82, 2.24) is 9.97 Å². The molecule has 2 atom stereocenters. The van der Waals surface area contributed by atoms with E-state index in [2.05, 4.69) is 15.3 Å². The van der Waals surface area contributed by atoms with Gasteiger partial charge in [0.2, 0.25) is 0 Å². The smallest absolute Gasteiger partial charge is 0.396 e. The number of amides is 2. The van der Waals surface area contributed by atoms with Crippen LogP contribution in [-0.2, 0) is 6.18 Å². The molecule has 2 aromatic heterocycles. The van der Waals surface area contributed by atoms with Crippen LogP contribution in [0.3, 0.4) is 0 Å².